The minimum absolute atomic E-state index is 0.0119. The molecule has 1 amide bonds. The van der Waals surface area contributed by atoms with Gasteiger partial charge in [0.2, 0.25) is 5.91 Å². The third-order valence-corrected chi connectivity index (χ3v) is 6.37. The van der Waals surface area contributed by atoms with Crippen LogP contribution in [0.3, 0.4) is 0 Å². The van der Waals surface area contributed by atoms with Gasteiger partial charge in [-0.15, -0.1) is 10.2 Å². The van der Waals surface area contributed by atoms with Crippen molar-refractivity contribution in [3.05, 3.63) is 34.6 Å². The van der Waals surface area contributed by atoms with Crippen LogP contribution in [0.1, 0.15) is 43.5 Å². The zero-order valence-corrected chi connectivity index (χ0v) is 17.5. The minimum atomic E-state index is -4.51. The van der Waals surface area contributed by atoms with Crippen LogP contribution in [0, 0.1) is 5.92 Å². The van der Waals surface area contributed by atoms with Gasteiger partial charge in [0, 0.05) is 13.5 Å². The highest BCUT2D eigenvalue weighted by molar-refractivity contribution is 7.99. The van der Waals surface area contributed by atoms with Crippen LogP contribution in [0.2, 0.25) is 5.02 Å². The summed E-state index contributed by atoms with van der Waals surface area (Å²) in [5.74, 6) is 1.03. The fourth-order valence-electron chi connectivity index (χ4n) is 3.41. The molecule has 0 radical (unpaired) electrons. The number of nitrogens with zero attached hydrogens (tertiary/aromatic N) is 3. The molecule has 1 fully saturated rings. The van der Waals surface area contributed by atoms with E-state index in [1.165, 1.54) is 43.9 Å². The van der Waals surface area contributed by atoms with E-state index < -0.39 is 17.6 Å². The van der Waals surface area contributed by atoms with Crippen LogP contribution in [0.15, 0.2) is 23.4 Å². The number of alkyl halides is 3. The SMILES string of the molecule is Cn1c(CC2CCCCC2)nnc1SCC(=O)Nc1cc(C(F)(F)F)ccc1Cl. The Labute approximate surface area is 176 Å². The van der Waals surface area contributed by atoms with Crippen LogP contribution in [-0.2, 0) is 24.4 Å². The monoisotopic (exact) mass is 446 g/mol. The standard InChI is InChI=1S/C19H22ClF3N4OS/c1-27-16(9-12-5-3-2-4-6-12)25-26-18(27)29-11-17(28)24-15-10-13(19(21,22)23)7-8-14(15)20/h7-8,10,12H,2-6,9,11H2,1H3,(H,24,28). The molecular weight excluding hydrogens is 425 g/mol. The Bertz CT molecular complexity index is 866. The molecule has 1 N–H and O–H groups in total. The second kappa shape index (κ2) is 9.38. The number of carbonyl (C=O) groups excluding carboxylic acids is 1. The van der Waals surface area contributed by atoms with Crippen molar-refractivity contribution in [3.63, 3.8) is 0 Å². The second-order valence-electron chi connectivity index (χ2n) is 7.20. The summed E-state index contributed by atoms with van der Waals surface area (Å²) in [5.41, 5.74) is -0.937. The maximum Gasteiger partial charge on any atom is 0.416 e. The van der Waals surface area contributed by atoms with Crippen molar-refractivity contribution in [2.45, 2.75) is 49.9 Å². The summed E-state index contributed by atoms with van der Waals surface area (Å²) in [6.45, 7) is 0. The zero-order valence-electron chi connectivity index (χ0n) is 15.9. The number of hydrogen-bond donors (Lipinski definition) is 1. The van der Waals surface area contributed by atoms with Gasteiger partial charge in [-0.05, 0) is 24.1 Å². The number of thioether (sulfide) groups is 1. The maximum atomic E-state index is 12.8. The predicted molar refractivity (Wildman–Crippen MR) is 107 cm³/mol. The molecule has 2 aromatic rings. The highest BCUT2D eigenvalue weighted by atomic mass is 35.5. The molecule has 158 valence electrons. The van der Waals surface area contributed by atoms with E-state index in [2.05, 4.69) is 15.5 Å². The van der Waals surface area contributed by atoms with E-state index in [9.17, 15) is 18.0 Å². The van der Waals surface area contributed by atoms with Crippen LogP contribution in [0.25, 0.3) is 0 Å². The Morgan fingerprint density at radius 3 is 2.69 bits per heavy atom. The average Bonchev–Trinajstić information content (AvgIpc) is 3.01. The normalized spacial score (nSPS) is 15.5. The highest BCUT2D eigenvalue weighted by Crippen LogP contribution is 2.34. The van der Waals surface area contributed by atoms with Crippen molar-refractivity contribution >= 4 is 35.0 Å². The molecule has 1 saturated carbocycles. The third kappa shape index (κ3) is 5.88. The molecule has 0 unspecified atom stereocenters. The van der Waals surface area contributed by atoms with Crippen molar-refractivity contribution in [2.75, 3.05) is 11.1 Å². The van der Waals surface area contributed by atoms with E-state index in [0.29, 0.717) is 11.1 Å². The van der Waals surface area contributed by atoms with Crippen molar-refractivity contribution in [1.82, 2.24) is 14.8 Å². The first-order chi connectivity index (χ1) is 13.7. The van der Waals surface area contributed by atoms with Gasteiger partial charge >= 0.3 is 6.18 Å². The van der Waals surface area contributed by atoms with Crippen molar-refractivity contribution in [2.24, 2.45) is 13.0 Å². The van der Waals surface area contributed by atoms with Gasteiger partial charge in [0.1, 0.15) is 5.82 Å². The largest absolute Gasteiger partial charge is 0.416 e. The van der Waals surface area contributed by atoms with E-state index in [4.69, 9.17) is 11.6 Å². The van der Waals surface area contributed by atoms with E-state index >= 15 is 0 Å². The zero-order chi connectivity index (χ0) is 21.0. The summed E-state index contributed by atoms with van der Waals surface area (Å²) in [6.07, 6.45) is 2.57. The predicted octanol–water partition coefficient (Wildman–Crippen LogP) is 5.34. The van der Waals surface area contributed by atoms with Crippen LogP contribution >= 0.6 is 23.4 Å². The summed E-state index contributed by atoms with van der Waals surface area (Å²) < 4.78 is 40.4. The van der Waals surface area contributed by atoms with Crippen molar-refractivity contribution < 1.29 is 18.0 Å². The lowest BCUT2D eigenvalue weighted by Crippen LogP contribution is -2.16. The van der Waals surface area contributed by atoms with Gasteiger partial charge in [0.25, 0.3) is 0 Å². The van der Waals surface area contributed by atoms with Crippen LogP contribution in [0.4, 0.5) is 18.9 Å². The van der Waals surface area contributed by atoms with E-state index in [0.717, 1.165) is 30.4 Å². The van der Waals surface area contributed by atoms with Gasteiger partial charge < -0.3 is 9.88 Å². The number of anilines is 1. The van der Waals surface area contributed by atoms with Gasteiger partial charge in [-0.1, -0.05) is 55.5 Å². The molecule has 29 heavy (non-hydrogen) atoms. The highest BCUT2D eigenvalue weighted by Gasteiger charge is 2.31. The first-order valence-electron chi connectivity index (χ1n) is 9.41. The van der Waals surface area contributed by atoms with Crippen LogP contribution in [0.5, 0.6) is 0 Å². The molecule has 3 rings (SSSR count). The van der Waals surface area contributed by atoms with Gasteiger partial charge in [-0.25, -0.2) is 0 Å². The minimum Gasteiger partial charge on any atom is -0.324 e. The number of halogens is 4. The molecule has 10 heteroatoms. The van der Waals surface area contributed by atoms with Gasteiger partial charge in [-0.2, -0.15) is 13.2 Å². The lowest BCUT2D eigenvalue weighted by atomic mass is 9.87. The topological polar surface area (TPSA) is 59.8 Å². The van der Waals surface area contributed by atoms with Gasteiger partial charge in [-0.3, -0.25) is 4.79 Å². The third-order valence-electron chi connectivity index (χ3n) is 5.02. The Hall–Kier alpha value is -1.74. The number of rotatable bonds is 6. The lowest BCUT2D eigenvalue weighted by molar-refractivity contribution is -0.137. The smallest absolute Gasteiger partial charge is 0.324 e. The van der Waals surface area contributed by atoms with Gasteiger partial charge in [0.15, 0.2) is 5.16 Å². The molecule has 0 atom stereocenters. The van der Waals surface area contributed by atoms with Crippen LogP contribution < -0.4 is 5.32 Å². The number of amides is 1. The number of aromatic nitrogens is 3. The first-order valence-corrected chi connectivity index (χ1v) is 10.8. The summed E-state index contributed by atoms with van der Waals surface area (Å²) in [7, 11) is 1.86. The molecule has 1 aromatic carbocycles. The Morgan fingerprint density at radius 1 is 1.28 bits per heavy atom. The van der Waals surface area contributed by atoms with E-state index in [1.54, 1.807) is 0 Å². The van der Waals surface area contributed by atoms with Gasteiger partial charge in [0.05, 0.1) is 22.0 Å². The molecule has 1 aliphatic rings. The molecular formula is C19H22ClF3N4OS. The fourth-order valence-corrected chi connectivity index (χ4v) is 4.31. The molecule has 1 aromatic heterocycles. The maximum absolute atomic E-state index is 12.8. The summed E-state index contributed by atoms with van der Waals surface area (Å²) in [4.78, 5) is 12.2. The summed E-state index contributed by atoms with van der Waals surface area (Å²) in [5, 5.41) is 11.5. The molecule has 1 aliphatic carbocycles. The number of benzene rings is 1. The number of carbonyl (C=O) groups is 1. The first kappa shape index (κ1) is 22.0. The lowest BCUT2D eigenvalue weighted by Gasteiger charge is -2.20. The number of nitrogens with one attached hydrogen (secondary N) is 1. The van der Waals surface area contributed by atoms with Crippen molar-refractivity contribution in [3.8, 4) is 0 Å². The van der Waals surface area contributed by atoms with Crippen LogP contribution in [-0.4, -0.2) is 26.4 Å². The summed E-state index contributed by atoms with van der Waals surface area (Å²) in [6, 6.07) is 2.82. The van der Waals surface area contributed by atoms with E-state index in [-0.39, 0.29) is 16.5 Å². The Kier molecular flexibility index (Phi) is 7.10. The van der Waals surface area contributed by atoms with E-state index in [1.807, 2.05) is 11.6 Å². The average molecular weight is 447 g/mol. The molecule has 0 aliphatic heterocycles. The second-order valence-corrected chi connectivity index (χ2v) is 8.54. The molecule has 1 heterocycles. The molecule has 0 spiro atoms. The quantitative estimate of drug-likeness (QED) is 0.608. The van der Waals surface area contributed by atoms with Crippen molar-refractivity contribution in [1.29, 1.82) is 0 Å². The molecule has 0 saturated heterocycles. The Morgan fingerprint density at radius 2 is 2.00 bits per heavy atom. The molecule has 0 bridgehead atoms. The fraction of sp³-hybridized carbons (Fsp3) is 0.526. The Balaban J connectivity index is 1.57. The number of hydrogen-bond acceptors (Lipinski definition) is 4. The molecule has 5 nitrogen and oxygen atoms in total. The summed E-state index contributed by atoms with van der Waals surface area (Å²) >= 11 is 7.10.